The van der Waals surface area contributed by atoms with Gasteiger partial charge in [0.25, 0.3) is 0 Å². The van der Waals surface area contributed by atoms with Gasteiger partial charge in [-0.1, -0.05) is 6.07 Å². The minimum Gasteiger partial charge on any atom is -0.481 e. The van der Waals surface area contributed by atoms with Gasteiger partial charge in [-0.2, -0.15) is 4.98 Å². The van der Waals surface area contributed by atoms with Crippen molar-refractivity contribution in [3.63, 3.8) is 0 Å². The van der Waals surface area contributed by atoms with Crippen LogP contribution >= 0.6 is 11.6 Å². The van der Waals surface area contributed by atoms with E-state index in [9.17, 15) is 4.79 Å². The predicted molar refractivity (Wildman–Crippen MR) is 66.6 cm³/mol. The average Bonchev–Trinajstić information content (AvgIpc) is 2.32. The Morgan fingerprint density at radius 1 is 1.59 bits per heavy atom. The van der Waals surface area contributed by atoms with Crippen LogP contribution in [0.4, 0.5) is 5.82 Å². The zero-order valence-corrected chi connectivity index (χ0v) is 10.5. The second kappa shape index (κ2) is 5.36. The maximum absolute atomic E-state index is 11.9. The van der Waals surface area contributed by atoms with Crippen LogP contribution < -0.4 is 9.64 Å². The van der Waals surface area contributed by atoms with Gasteiger partial charge in [-0.15, -0.1) is 11.6 Å². The van der Waals surface area contributed by atoms with Gasteiger partial charge in [0.2, 0.25) is 11.8 Å². The number of carbonyl (C=O) groups is 1. The third-order valence-corrected chi connectivity index (χ3v) is 3.22. The molecule has 0 spiro atoms. The summed E-state index contributed by atoms with van der Waals surface area (Å²) in [4.78, 5) is 17.8. The number of pyridine rings is 1. The summed E-state index contributed by atoms with van der Waals surface area (Å²) in [6.45, 7) is 0. The number of methoxy groups -OCH3 is 1. The van der Waals surface area contributed by atoms with Crippen LogP contribution in [-0.2, 0) is 4.79 Å². The molecule has 0 bridgehead atoms. The van der Waals surface area contributed by atoms with E-state index >= 15 is 0 Å². The van der Waals surface area contributed by atoms with E-state index in [0.717, 1.165) is 19.3 Å². The Kier molecular flexibility index (Phi) is 3.84. The van der Waals surface area contributed by atoms with E-state index in [2.05, 4.69) is 4.98 Å². The lowest BCUT2D eigenvalue weighted by Gasteiger charge is -2.36. The summed E-state index contributed by atoms with van der Waals surface area (Å²) >= 11 is 5.65. The van der Waals surface area contributed by atoms with Crippen LogP contribution in [0.15, 0.2) is 18.2 Å². The van der Waals surface area contributed by atoms with Crippen molar-refractivity contribution >= 4 is 23.3 Å². The van der Waals surface area contributed by atoms with E-state index < -0.39 is 0 Å². The molecule has 1 heterocycles. The third kappa shape index (κ3) is 2.52. The topological polar surface area (TPSA) is 42.4 Å². The fourth-order valence-corrected chi connectivity index (χ4v) is 2.01. The summed E-state index contributed by atoms with van der Waals surface area (Å²) < 4.78 is 5.07. The first kappa shape index (κ1) is 12.2. The fraction of sp³-hybridized carbons (Fsp3) is 0.500. The van der Waals surface area contributed by atoms with E-state index in [1.165, 1.54) is 0 Å². The highest BCUT2D eigenvalue weighted by molar-refractivity contribution is 6.29. The lowest BCUT2D eigenvalue weighted by Crippen LogP contribution is -2.45. The largest absolute Gasteiger partial charge is 0.481 e. The van der Waals surface area contributed by atoms with Crippen molar-refractivity contribution in [3.05, 3.63) is 18.2 Å². The third-order valence-electron chi connectivity index (χ3n) is 2.99. The summed E-state index contributed by atoms with van der Waals surface area (Å²) in [5.41, 5.74) is 0. The monoisotopic (exact) mass is 254 g/mol. The number of hydrogen-bond donors (Lipinski definition) is 0. The van der Waals surface area contributed by atoms with Crippen LogP contribution in [0.3, 0.4) is 0 Å². The average molecular weight is 255 g/mol. The molecule has 0 radical (unpaired) electrons. The maximum atomic E-state index is 11.9. The van der Waals surface area contributed by atoms with E-state index in [1.807, 2.05) is 12.1 Å². The van der Waals surface area contributed by atoms with Crippen LogP contribution in [-0.4, -0.2) is 29.9 Å². The molecule has 0 saturated heterocycles. The number of aromatic nitrogens is 1. The Morgan fingerprint density at radius 2 is 2.35 bits per heavy atom. The van der Waals surface area contributed by atoms with Gasteiger partial charge in [0, 0.05) is 12.1 Å². The first-order valence-electron chi connectivity index (χ1n) is 5.65. The van der Waals surface area contributed by atoms with Gasteiger partial charge in [0.05, 0.1) is 7.11 Å². The quantitative estimate of drug-likeness (QED) is 0.774. The Morgan fingerprint density at radius 3 is 2.88 bits per heavy atom. The van der Waals surface area contributed by atoms with Crippen LogP contribution in [0.1, 0.15) is 19.3 Å². The van der Waals surface area contributed by atoms with Crippen LogP contribution in [0.2, 0.25) is 0 Å². The Hall–Kier alpha value is -1.29. The fourth-order valence-electron chi connectivity index (χ4n) is 1.88. The Bertz CT molecular complexity index is 407. The van der Waals surface area contributed by atoms with E-state index in [4.69, 9.17) is 16.3 Å². The van der Waals surface area contributed by atoms with Crippen molar-refractivity contribution in [1.29, 1.82) is 0 Å². The molecule has 1 aromatic rings. The maximum Gasteiger partial charge on any atom is 0.243 e. The summed E-state index contributed by atoms with van der Waals surface area (Å²) in [6, 6.07) is 5.63. The highest BCUT2D eigenvalue weighted by Gasteiger charge is 2.30. The molecule has 0 atom stereocenters. The molecule has 0 aromatic carbocycles. The molecule has 1 fully saturated rings. The number of anilines is 1. The molecule has 2 rings (SSSR count). The molecule has 0 N–H and O–H groups in total. The van der Waals surface area contributed by atoms with Gasteiger partial charge in [0.15, 0.2) is 0 Å². The van der Waals surface area contributed by atoms with Gasteiger partial charge in [-0.25, -0.2) is 0 Å². The van der Waals surface area contributed by atoms with Gasteiger partial charge >= 0.3 is 0 Å². The van der Waals surface area contributed by atoms with Crippen molar-refractivity contribution in [2.45, 2.75) is 25.3 Å². The number of halogens is 1. The van der Waals surface area contributed by atoms with Crippen LogP contribution in [0.25, 0.3) is 0 Å². The standard InChI is InChI=1S/C12H15ClN2O2/c1-17-11-7-3-6-10(14-11)15(12(16)8-13)9-4-2-5-9/h3,6-7,9H,2,4-5,8H2,1H3. The number of hydrogen-bond acceptors (Lipinski definition) is 3. The Balaban J connectivity index is 2.27. The van der Waals surface area contributed by atoms with E-state index in [0.29, 0.717) is 11.7 Å². The van der Waals surface area contributed by atoms with Crippen LogP contribution in [0, 0.1) is 0 Å². The molecule has 92 valence electrons. The number of ether oxygens (including phenoxy) is 1. The van der Waals surface area contributed by atoms with Crippen LogP contribution in [0.5, 0.6) is 5.88 Å². The first-order chi connectivity index (χ1) is 8.26. The van der Waals surface area contributed by atoms with E-state index in [1.54, 1.807) is 18.1 Å². The molecule has 0 unspecified atom stereocenters. The summed E-state index contributed by atoms with van der Waals surface area (Å²) in [6.07, 6.45) is 3.18. The van der Waals surface area contributed by atoms with Gasteiger partial charge in [-0.05, 0) is 25.3 Å². The molecule has 1 aliphatic rings. The first-order valence-corrected chi connectivity index (χ1v) is 6.18. The number of amides is 1. The summed E-state index contributed by atoms with van der Waals surface area (Å²) in [5, 5.41) is 0. The van der Waals surface area contributed by atoms with Gasteiger partial charge in [0.1, 0.15) is 11.7 Å². The molecule has 0 aliphatic heterocycles. The van der Waals surface area contributed by atoms with Gasteiger partial charge < -0.3 is 4.74 Å². The molecule has 1 aromatic heterocycles. The van der Waals surface area contributed by atoms with Gasteiger partial charge in [-0.3, -0.25) is 9.69 Å². The molecule has 4 nitrogen and oxygen atoms in total. The zero-order chi connectivity index (χ0) is 12.3. The summed E-state index contributed by atoms with van der Waals surface area (Å²) in [5.74, 6) is 1.01. The number of carbonyl (C=O) groups excluding carboxylic acids is 1. The van der Waals surface area contributed by atoms with Crippen molar-refractivity contribution in [2.75, 3.05) is 17.9 Å². The lowest BCUT2D eigenvalue weighted by molar-refractivity contribution is -0.117. The predicted octanol–water partition coefficient (Wildman–Crippen LogP) is 2.21. The number of alkyl halides is 1. The zero-order valence-electron chi connectivity index (χ0n) is 9.73. The number of rotatable bonds is 4. The number of nitrogens with zero attached hydrogens (tertiary/aromatic N) is 2. The van der Waals surface area contributed by atoms with E-state index in [-0.39, 0.29) is 17.8 Å². The van der Waals surface area contributed by atoms with Crippen molar-refractivity contribution in [2.24, 2.45) is 0 Å². The molecule has 5 heteroatoms. The molecule has 17 heavy (non-hydrogen) atoms. The second-order valence-electron chi connectivity index (χ2n) is 4.02. The highest BCUT2D eigenvalue weighted by atomic mass is 35.5. The second-order valence-corrected chi connectivity index (χ2v) is 4.29. The highest BCUT2D eigenvalue weighted by Crippen LogP contribution is 2.29. The minimum atomic E-state index is -0.0999. The SMILES string of the molecule is COc1cccc(N(C(=O)CCl)C2CCC2)n1. The normalized spacial score (nSPS) is 15.2. The van der Waals surface area contributed by atoms with Crippen molar-refractivity contribution < 1.29 is 9.53 Å². The lowest BCUT2D eigenvalue weighted by atomic mass is 9.91. The molecular weight excluding hydrogens is 240 g/mol. The van der Waals surface area contributed by atoms with Crippen molar-refractivity contribution in [3.8, 4) is 5.88 Å². The smallest absolute Gasteiger partial charge is 0.243 e. The molecule has 1 saturated carbocycles. The molecule has 1 amide bonds. The summed E-state index contributed by atoms with van der Waals surface area (Å²) in [7, 11) is 1.56. The molecular formula is C12H15ClN2O2. The Labute approximate surface area is 106 Å². The molecule has 1 aliphatic carbocycles. The minimum absolute atomic E-state index is 0.0185. The van der Waals surface area contributed by atoms with Crippen molar-refractivity contribution in [1.82, 2.24) is 4.98 Å².